The number of likely N-dealkylation sites (tertiary alicyclic amines) is 1. The van der Waals surface area contributed by atoms with Gasteiger partial charge in [-0.15, -0.1) is 0 Å². The average molecular weight is 471 g/mol. The Morgan fingerprint density at radius 2 is 1.74 bits per heavy atom. The van der Waals surface area contributed by atoms with Crippen molar-refractivity contribution in [3.8, 4) is 0 Å². The third kappa shape index (κ3) is 10.1. The van der Waals surface area contributed by atoms with Gasteiger partial charge in [0.1, 0.15) is 0 Å². The Labute approximate surface area is 199 Å². The van der Waals surface area contributed by atoms with Gasteiger partial charge in [0.2, 0.25) is 5.91 Å². The minimum Gasteiger partial charge on any atom is -0.352 e. The van der Waals surface area contributed by atoms with E-state index in [0.29, 0.717) is 35.0 Å². The molecule has 1 aliphatic rings. The van der Waals surface area contributed by atoms with Gasteiger partial charge in [0, 0.05) is 35.6 Å². The summed E-state index contributed by atoms with van der Waals surface area (Å²) in [4.78, 5) is 15.0. The van der Waals surface area contributed by atoms with Crippen molar-refractivity contribution < 1.29 is 4.79 Å². The van der Waals surface area contributed by atoms with Crippen LogP contribution in [-0.2, 0) is 11.3 Å². The fraction of sp³-hybridized carbons (Fsp3) is 0.720. The molecule has 1 aliphatic heterocycles. The summed E-state index contributed by atoms with van der Waals surface area (Å²) in [5, 5.41) is 8.00. The van der Waals surface area contributed by atoms with Gasteiger partial charge in [-0.2, -0.15) is 0 Å². The molecule has 1 saturated heterocycles. The van der Waals surface area contributed by atoms with E-state index in [4.69, 9.17) is 23.2 Å². The van der Waals surface area contributed by atoms with E-state index in [1.807, 2.05) is 12.1 Å². The van der Waals surface area contributed by atoms with E-state index in [-0.39, 0.29) is 11.3 Å². The molecule has 1 aromatic rings. The topological polar surface area (TPSA) is 44.4 Å². The van der Waals surface area contributed by atoms with Crippen LogP contribution in [-0.4, -0.2) is 43.0 Å². The first kappa shape index (κ1) is 26.4. The SMILES string of the molecule is CC(C)CCNC(CN1CCC(CC(=O)NCc2cc(Cl)cc(Cl)c2)CC1)C(C)(C)C. The molecule has 176 valence electrons. The smallest absolute Gasteiger partial charge is 0.220 e. The third-order valence-corrected chi connectivity index (χ3v) is 6.63. The van der Waals surface area contributed by atoms with Gasteiger partial charge in [0.05, 0.1) is 0 Å². The number of nitrogens with one attached hydrogen (secondary N) is 2. The third-order valence-electron chi connectivity index (χ3n) is 6.19. The van der Waals surface area contributed by atoms with Crippen LogP contribution in [0.2, 0.25) is 10.0 Å². The Bertz CT molecular complexity index is 674. The molecular formula is C25H41Cl2N3O. The van der Waals surface area contributed by atoms with Crippen LogP contribution < -0.4 is 10.6 Å². The van der Waals surface area contributed by atoms with Gasteiger partial charge in [0.15, 0.2) is 0 Å². The zero-order valence-corrected chi connectivity index (χ0v) is 21.5. The number of rotatable bonds is 10. The number of halogens is 2. The highest BCUT2D eigenvalue weighted by Gasteiger charge is 2.28. The number of carbonyl (C=O) groups excluding carboxylic acids is 1. The molecule has 1 amide bonds. The molecular weight excluding hydrogens is 429 g/mol. The normalized spacial score (nSPS) is 17.2. The molecule has 1 fully saturated rings. The van der Waals surface area contributed by atoms with E-state index in [1.54, 1.807) is 6.07 Å². The van der Waals surface area contributed by atoms with E-state index in [2.05, 4.69) is 50.2 Å². The highest BCUT2D eigenvalue weighted by molar-refractivity contribution is 6.34. The molecule has 2 N–H and O–H groups in total. The lowest BCUT2D eigenvalue weighted by Gasteiger charge is -2.39. The summed E-state index contributed by atoms with van der Waals surface area (Å²) in [6.07, 6.45) is 3.97. The van der Waals surface area contributed by atoms with Gasteiger partial charge in [-0.3, -0.25) is 4.79 Å². The maximum Gasteiger partial charge on any atom is 0.220 e. The Hall–Kier alpha value is -0.810. The largest absolute Gasteiger partial charge is 0.352 e. The van der Waals surface area contributed by atoms with Gasteiger partial charge < -0.3 is 15.5 Å². The van der Waals surface area contributed by atoms with Crippen molar-refractivity contribution >= 4 is 29.1 Å². The molecule has 31 heavy (non-hydrogen) atoms. The van der Waals surface area contributed by atoms with Crippen molar-refractivity contribution in [1.82, 2.24) is 15.5 Å². The molecule has 1 atom stereocenters. The van der Waals surface area contributed by atoms with Gasteiger partial charge in [-0.1, -0.05) is 57.8 Å². The fourth-order valence-electron chi connectivity index (χ4n) is 4.07. The maximum absolute atomic E-state index is 12.4. The van der Waals surface area contributed by atoms with Gasteiger partial charge in [-0.25, -0.2) is 0 Å². The lowest BCUT2D eigenvalue weighted by molar-refractivity contribution is -0.122. The predicted molar refractivity (Wildman–Crippen MR) is 133 cm³/mol. The summed E-state index contributed by atoms with van der Waals surface area (Å²) < 4.78 is 0. The lowest BCUT2D eigenvalue weighted by Crippen LogP contribution is -2.50. The van der Waals surface area contributed by atoms with E-state index < -0.39 is 0 Å². The second kappa shape index (κ2) is 12.4. The Kier molecular flexibility index (Phi) is 10.6. The second-order valence-electron chi connectivity index (χ2n) is 10.6. The molecule has 0 aromatic heterocycles. The Morgan fingerprint density at radius 3 is 2.29 bits per heavy atom. The zero-order chi connectivity index (χ0) is 23.0. The number of carbonyl (C=O) groups is 1. The number of benzene rings is 1. The van der Waals surface area contributed by atoms with Crippen LogP contribution in [0.5, 0.6) is 0 Å². The zero-order valence-electron chi connectivity index (χ0n) is 19.9. The summed E-state index contributed by atoms with van der Waals surface area (Å²) in [7, 11) is 0. The molecule has 0 aliphatic carbocycles. The highest BCUT2D eigenvalue weighted by Crippen LogP contribution is 2.25. The Balaban J connectivity index is 1.73. The lowest BCUT2D eigenvalue weighted by atomic mass is 9.85. The fourth-order valence-corrected chi connectivity index (χ4v) is 4.64. The first-order valence-corrected chi connectivity index (χ1v) is 12.5. The van der Waals surface area contributed by atoms with E-state index >= 15 is 0 Å². The Morgan fingerprint density at radius 1 is 1.13 bits per heavy atom. The van der Waals surface area contributed by atoms with Crippen LogP contribution >= 0.6 is 23.2 Å². The minimum absolute atomic E-state index is 0.109. The number of nitrogens with zero attached hydrogens (tertiary/aromatic N) is 1. The van der Waals surface area contributed by atoms with Gasteiger partial charge in [-0.05, 0) is 79.9 Å². The van der Waals surface area contributed by atoms with Gasteiger partial charge >= 0.3 is 0 Å². The second-order valence-corrected chi connectivity index (χ2v) is 11.4. The van der Waals surface area contributed by atoms with Crippen molar-refractivity contribution in [3.63, 3.8) is 0 Å². The van der Waals surface area contributed by atoms with Crippen molar-refractivity contribution in [2.24, 2.45) is 17.3 Å². The minimum atomic E-state index is 0.109. The summed E-state index contributed by atoms with van der Waals surface area (Å²) in [6.45, 7) is 16.3. The number of hydrogen-bond acceptors (Lipinski definition) is 3. The number of hydrogen-bond donors (Lipinski definition) is 2. The molecule has 0 saturated carbocycles. The van der Waals surface area contributed by atoms with Crippen LogP contribution in [0.15, 0.2) is 18.2 Å². The van der Waals surface area contributed by atoms with Crippen LogP contribution in [0.1, 0.15) is 65.9 Å². The summed E-state index contributed by atoms with van der Waals surface area (Å²) in [5.41, 5.74) is 1.16. The monoisotopic (exact) mass is 469 g/mol. The average Bonchev–Trinajstić information content (AvgIpc) is 2.65. The predicted octanol–water partition coefficient (Wildman–Crippen LogP) is 5.76. The van der Waals surface area contributed by atoms with E-state index in [9.17, 15) is 4.79 Å². The first-order chi connectivity index (χ1) is 14.5. The summed E-state index contributed by atoms with van der Waals surface area (Å²) in [5.74, 6) is 1.30. The van der Waals surface area contributed by atoms with Crippen molar-refractivity contribution in [2.75, 3.05) is 26.2 Å². The van der Waals surface area contributed by atoms with Gasteiger partial charge in [0.25, 0.3) is 0 Å². The summed E-state index contributed by atoms with van der Waals surface area (Å²) >= 11 is 12.1. The number of piperidine rings is 1. The van der Waals surface area contributed by atoms with Crippen LogP contribution in [0, 0.1) is 17.3 Å². The first-order valence-electron chi connectivity index (χ1n) is 11.7. The molecule has 2 rings (SSSR count). The van der Waals surface area contributed by atoms with Crippen LogP contribution in [0.25, 0.3) is 0 Å². The maximum atomic E-state index is 12.4. The molecule has 1 unspecified atom stereocenters. The molecule has 6 heteroatoms. The van der Waals surface area contributed by atoms with Crippen molar-refractivity contribution in [3.05, 3.63) is 33.8 Å². The number of amides is 1. The summed E-state index contributed by atoms with van der Waals surface area (Å²) in [6, 6.07) is 5.86. The molecule has 0 bridgehead atoms. The van der Waals surface area contributed by atoms with Crippen molar-refractivity contribution in [2.45, 2.75) is 72.9 Å². The van der Waals surface area contributed by atoms with Crippen LogP contribution in [0.4, 0.5) is 0 Å². The molecule has 4 nitrogen and oxygen atoms in total. The highest BCUT2D eigenvalue weighted by atomic mass is 35.5. The van der Waals surface area contributed by atoms with Crippen molar-refractivity contribution in [1.29, 1.82) is 0 Å². The standard InChI is InChI=1S/C25H41Cl2N3O/c1-18(2)6-9-28-23(25(3,4)5)17-30-10-7-19(8-11-30)14-24(31)29-16-20-12-21(26)15-22(27)13-20/h12-13,15,18-19,23,28H,6-11,14,16-17H2,1-5H3,(H,29,31). The molecule has 0 spiro atoms. The van der Waals surface area contributed by atoms with E-state index in [1.165, 1.54) is 6.42 Å². The quantitative estimate of drug-likeness (QED) is 0.457. The van der Waals surface area contributed by atoms with Crippen LogP contribution in [0.3, 0.4) is 0 Å². The molecule has 0 radical (unpaired) electrons. The molecule has 1 heterocycles. The van der Waals surface area contributed by atoms with E-state index in [0.717, 1.165) is 50.5 Å². The molecule has 1 aromatic carbocycles.